The van der Waals surface area contributed by atoms with Gasteiger partial charge in [0.05, 0.1) is 11.3 Å². The van der Waals surface area contributed by atoms with Gasteiger partial charge >= 0.3 is 5.97 Å². The van der Waals surface area contributed by atoms with Crippen molar-refractivity contribution < 1.29 is 14.6 Å². The van der Waals surface area contributed by atoms with Crippen molar-refractivity contribution in [1.82, 2.24) is 4.90 Å². The van der Waals surface area contributed by atoms with Crippen LogP contribution in [0.15, 0.2) is 48.5 Å². The molecule has 1 aliphatic rings. The molecule has 1 N–H and O–H groups in total. The summed E-state index contributed by atoms with van der Waals surface area (Å²) >= 11 is 0. The number of nitrogens with one attached hydrogen (secondary N) is 1. The first-order valence-corrected chi connectivity index (χ1v) is 9.61. The lowest BCUT2D eigenvalue weighted by Crippen LogP contribution is -2.44. The normalized spacial score (nSPS) is 15.4. The summed E-state index contributed by atoms with van der Waals surface area (Å²) in [4.78, 5) is 27.6. The highest BCUT2D eigenvalue weighted by Crippen LogP contribution is 2.28. The van der Waals surface area contributed by atoms with Crippen molar-refractivity contribution in [3.8, 4) is 0 Å². The van der Waals surface area contributed by atoms with Crippen LogP contribution in [0.5, 0.6) is 0 Å². The maximum Gasteiger partial charge on any atom is 0.375 e. The number of rotatable bonds is 5. The van der Waals surface area contributed by atoms with Crippen LogP contribution in [-0.2, 0) is 9.78 Å². The standard InChI is InChI=1S/C22H29N3O3/c1-22(2,3)28-27-21(26)19-11-10-18(25-14-12-24(4)13-15-25)16-20(19)23-17-8-6-5-7-9-17/h5-11,16,23H,12-15H2,1-4H3. The van der Waals surface area contributed by atoms with Gasteiger partial charge in [0.2, 0.25) is 0 Å². The zero-order chi connectivity index (χ0) is 20.1. The number of likely N-dealkylation sites (N-methyl/N-ethyl adjacent to an activating group) is 1. The molecular weight excluding hydrogens is 354 g/mol. The molecule has 2 aromatic rings. The van der Waals surface area contributed by atoms with Crippen molar-refractivity contribution in [3.63, 3.8) is 0 Å². The molecule has 1 saturated heterocycles. The second kappa shape index (κ2) is 8.63. The summed E-state index contributed by atoms with van der Waals surface area (Å²) in [5.74, 6) is -0.515. The van der Waals surface area contributed by atoms with Gasteiger partial charge in [0.15, 0.2) is 0 Å². The van der Waals surface area contributed by atoms with E-state index in [1.54, 1.807) is 6.07 Å². The number of carbonyl (C=O) groups excluding carboxylic acids is 1. The van der Waals surface area contributed by atoms with E-state index in [0.717, 1.165) is 37.6 Å². The summed E-state index contributed by atoms with van der Waals surface area (Å²) in [6.45, 7) is 9.45. The number of hydrogen-bond acceptors (Lipinski definition) is 6. The Bertz CT molecular complexity index is 794. The van der Waals surface area contributed by atoms with Crippen molar-refractivity contribution >= 4 is 23.0 Å². The van der Waals surface area contributed by atoms with Crippen LogP contribution < -0.4 is 10.2 Å². The molecule has 0 aromatic heterocycles. The van der Waals surface area contributed by atoms with Gasteiger partial charge in [-0.05, 0) is 58.2 Å². The first-order valence-electron chi connectivity index (χ1n) is 9.61. The molecule has 1 aliphatic heterocycles. The number of piperazine rings is 1. The van der Waals surface area contributed by atoms with E-state index in [9.17, 15) is 4.79 Å². The van der Waals surface area contributed by atoms with E-state index in [1.807, 2.05) is 63.2 Å². The lowest BCUT2D eigenvalue weighted by atomic mass is 10.1. The molecule has 0 atom stereocenters. The van der Waals surface area contributed by atoms with Crippen LogP contribution in [0.25, 0.3) is 0 Å². The van der Waals surface area contributed by atoms with Crippen LogP contribution in [0.2, 0.25) is 0 Å². The molecule has 0 aliphatic carbocycles. The van der Waals surface area contributed by atoms with Crippen LogP contribution in [0.1, 0.15) is 31.1 Å². The van der Waals surface area contributed by atoms with Crippen LogP contribution in [0.3, 0.4) is 0 Å². The van der Waals surface area contributed by atoms with E-state index in [0.29, 0.717) is 11.3 Å². The second-order valence-electron chi connectivity index (χ2n) is 8.08. The van der Waals surface area contributed by atoms with Crippen LogP contribution in [-0.4, -0.2) is 49.7 Å². The minimum absolute atomic E-state index is 0.436. The lowest BCUT2D eigenvalue weighted by Gasteiger charge is -2.34. The minimum atomic E-state index is -0.567. The van der Waals surface area contributed by atoms with E-state index in [-0.39, 0.29) is 0 Å². The highest BCUT2D eigenvalue weighted by Gasteiger charge is 2.21. The van der Waals surface area contributed by atoms with E-state index in [4.69, 9.17) is 9.78 Å². The Balaban J connectivity index is 1.86. The van der Waals surface area contributed by atoms with E-state index in [1.165, 1.54) is 0 Å². The van der Waals surface area contributed by atoms with E-state index < -0.39 is 11.6 Å². The van der Waals surface area contributed by atoms with Gasteiger partial charge in [0, 0.05) is 37.6 Å². The van der Waals surface area contributed by atoms with Crippen molar-refractivity contribution in [2.75, 3.05) is 43.4 Å². The fraction of sp³-hybridized carbons (Fsp3) is 0.409. The molecule has 1 fully saturated rings. The summed E-state index contributed by atoms with van der Waals surface area (Å²) in [5, 5.41) is 3.35. The molecule has 150 valence electrons. The van der Waals surface area contributed by atoms with Crippen LogP contribution in [0.4, 0.5) is 17.1 Å². The highest BCUT2D eigenvalue weighted by molar-refractivity contribution is 5.97. The third-order valence-electron chi connectivity index (χ3n) is 4.51. The Kier molecular flexibility index (Phi) is 6.21. The van der Waals surface area contributed by atoms with Crippen molar-refractivity contribution in [2.45, 2.75) is 26.4 Å². The highest BCUT2D eigenvalue weighted by atomic mass is 17.2. The van der Waals surface area contributed by atoms with Gasteiger partial charge < -0.3 is 15.1 Å². The zero-order valence-corrected chi connectivity index (χ0v) is 17.1. The molecule has 0 bridgehead atoms. The van der Waals surface area contributed by atoms with Gasteiger partial charge in [-0.2, -0.15) is 4.89 Å². The molecule has 0 radical (unpaired) electrons. The van der Waals surface area contributed by atoms with E-state index in [2.05, 4.69) is 22.2 Å². The molecule has 3 rings (SSSR count). The maximum atomic E-state index is 12.6. The fourth-order valence-electron chi connectivity index (χ4n) is 2.96. The Labute approximate surface area is 167 Å². The molecule has 0 spiro atoms. The van der Waals surface area contributed by atoms with Gasteiger partial charge in [0.25, 0.3) is 0 Å². The maximum absolute atomic E-state index is 12.6. The molecule has 6 heteroatoms. The number of benzene rings is 2. The molecule has 6 nitrogen and oxygen atoms in total. The van der Waals surface area contributed by atoms with Crippen LogP contribution >= 0.6 is 0 Å². The molecular formula is C22H29N3O3. The Hall–Kier alpha value is -2.57. The zero-order valence-electron chi connectivity index (χ0n) is 17.1. The van der Waals surface area contributed by atoms with Gasteiger partial charge in [-0.3, -0.25) is 4.89 Å². The third-order valence-corrected chi connectivity index (χ3v) is 4.51. The average Bonchev–Trinajstić information content (AvgIpc) is 2.67. The summed E-state index contributed by atoms with van der Waals surface area (Å²) in [6, 6.07) is 15.6. The van der Waals surface area contributed by atoms with Crippen molar-refractivity contribution in [3.05, 3.63) is 54.1 Å². The fourth-order valence-corrected chi connectivity index (χ4v) is 2.96. The summed E-state index contributed by atoms with van der Waals surface area (Å²) < 4.78 is 0. The summed E-state index contributed by atoms with van der Waals surface area (Å²) in [6.07, 6.45) is 0. The summed E-state index contributed by atoms with van der Waals surface area (Å²) in [5.41, 5.74) is 2.56. The monoisotopic (exact) mass is 383 g/mol. The predicted octanol–water partition coefficient (Wildman–Crippen LogP) is 4.07. The first-order chi connectivity index (χ1) is 13.3. The Morgan fingerprint density at radius 3 is 2.32 bits per heavy atom. The summed E-state index contributed by atoms with van der Waals surface area (Å²) in [7, 11) is 2.13. The smallest absolute Gasteiger partial charge is 0.369 e. The molecule has 0 amide bonds. The lowest BCUT2D eigenvalue weighted by molar-refractivity contribution is -0.301. The average molecular weight is 383 g/mol. The van der Waals surface area contributed by atoms with E-state index >= 15 is 0 Å². The predicted molar refractivity (Wildman–Crippen MR) is 112 cm³/mol. The number of anilines is 3. The number of carbonyl (C=O) groups is 1. The first kappa shape index (κ1) is 20.2. The largest absolute Gasteiger partial charge is 0.375 e. The van der Waals surface area contributed by atoms with Gasteiger partial charge in [-0.1, -0.05) is 18.2 Å². The minimum Gasteiger partial charge on any atom is -0.369 e. The van der Waals surface area contributed by atoms with Gasteiger partial charge in [-0.25, -0.2) is 4.79 Å². The van der Waals surface area contributed by atoms with Gasteiger partial charge in [-0.15, -0.1) is 0 Å². The molecule has 28 heavy (non-hydrogen) atoms. The van der Waals surface area contributed by atoms with Gasteiger partial charge in [0.1, 0.15) is 5.60 Å². The topological polar surface area (TPSA) is 54.0 Å². The molecule has 0 saturated carbocycles. The second-order valence-corrected chi connectivity index (χ2v) is 8.08. The SMILES string of the molecule is CN1CCN(c2ccc(C(=O)OOC(C)(C)C)c(Nc3ccccc3)c2)CC1. The quantitative estimate of drug-likeness (QED) is 0.621. The Morgan fingerprint density at radius 2 is 1.68 bits per heavy atom. The molecule has 0 unspecified atom stereocenters. The third kappa shape index (κ3) is 5.47. The van der Waals surface area contributed by atoms with Crippen LogP contribution in [0, 0.1) is 0 Å². The number of nitrogens with zero attached hydrogens (tertiary/aromatic N) is 2. The Morgan fingerprint density at radius 1 is 1.00 bits per heavy atom. The molecule has 2 aromatic carbocycles. The van der Waals surface area contributed by atoms with Crippen molar-refractivity contribution in [2.24, 2.45) is 0 Å². The number of para-hydroxylation sites is 1. The van der Waals surface area contributed by atoms with Crippen molar-refractivity contribution in [1.29, 1.82) is 0 Å². The molecule has 1 heterocycles. The number of hydrogen-bond donors (Lipinski definition) is 1.